The zero-order valence-corrected chi connectivity index (χ0v) is 9.36. The van der Waals surface area contributed by atoms with Gasteiger partial charge in [0, 0.05) is 18.3 Å². The van der Waals surface area contributed by atoms with E-state index in [0.29, 0.717) is 0 Å². The molecule has 1 rings (SSSR count). The summed E-state index contributed by atoms with van der Waals surface area (Å²) in [6, 6.07) is 2.15. The van der Waals surface area contributed by atoms with E-state index in [9.17, 15) is 4.79 Å². The number of carbonyl (C=O) groups is 1. The fourth-order valence-electron chi connectivity index (χ4n) is 1.10. The fourth-order valence-corrected chi connectivity index (χ4v) is 1.77. The van der Waals surface area contributed by atoms with Crippen LogP contribution in [0.1, 0.15) is 23.8 Å². The number of carbonyl (C=O) groups excluding carboxylic acids is 1. The van der Waals surface area contributed by atoms with Gasteiger partial charge in [0.2, 0.25) is 5.91 Å². The molecule has 1 aromatic heterocycles. The first-order valence-electron chi connectivity index (χ1n) is 4.64. The van der Waals surface area contributed by atoms with Crippen molar-refractivity contribution in [1.82, 2.24) is 5.32 Å². The van der Waals surface area contributed by atoms with E-state index in [-0.39, 0.29) is 5.91 Å². The second kappa shape index (κ2) is 5.60. The first kappa shape index (κ1) is 11.0. The van der Waals surface area contributed by atoms with Gasteiger partial charge in [-0.3, -0.25) is 4.79 Å². The number of rotatable bonds is 4. The van der Waals surface area contributed by atoms with Crippen molar-refractivity contribution < 1.29 is 4.79 Å². The molecule has 0 unspecified atom stereocenters. The van der Waals surface area contributed by atoms with Crippen LogP contribution in [0, 0.1) is 6.92 Å². The van der Waals surface area contributed by atoms with Crippen molar-refractivity contribution in [2.75, 3.05) is 6.54 Å². The summed E-state index contributed by atoms with van der Waals surface area (Å²) >= 11 is 1.75. The van der Waals surface area contributed by atoms with Gasteiger partial charge >= 0.3 is 0 Å². The third-order valence-electron chi connectivity index (χ3n) is 1.75. The molecule has 0 aliphatic rings. The highest BCUT2D eigenvalue weighted by molar-refractivity contribution is 7.10. The average molecular weight is 209 g/mol. The highest BCUT2D eigenvalue weighted by atomic mass is 32.1. The molecule has 0 atom stereocenters. The van der Waals surface area contributed by atoms with E-state index in [1.807, 2.05) is 0 Å². The van der Waals surface area contributed by atoms with E-state index in [1.54, 1.807) is 11.3 Å². The van der Waals surface area contributed by atoms with E-state index in [0.717, 1.165) is 13.0 Å². The van der Waals surface area contributed by atoms with Crippen molar-refractivity contribution in [3.8, 4) is 0 Å². The Kier molecular flexibility index (Phi) is 4.40. The summed E-state index contributed by atoms with van der Waals surface area (Å²) in [5.74, 6) is 0.0322. The maximum atomic E-state index is 10.5. The summed E-state index contributed by atoms with van der Waals surface area (Å²) in [7, 11) is 0. The normalized spacial score (nSPS) is 10.7. The van der Waals surface area contributed by atoms with Crippen LogP contribution in [0.25, 0.3) is 6.08 Å². The maximum absolute atomic E-state index is 10.5. The van der Waals surface area contributed by atoms with Gasteiger partial charge in [-0.2, -0.15) is 0 Å². The molecule has 0 bridgehead atoms. The molecule has 1 amide bonds. The minimum Gasteiger partial charge on any atom is -0.356 e. The molecule has 0 saturated carbocycles. The number of hydrogen-bond donors (Lipinski definition) is 1. The third kappa shape index (κ3) is 4.23. The Bertz CT molecular complexity index is 328. The number of amides is 1. The van der Waals surface area contributed by atoms with Crippen LogP contribution in [0.2, 0.25) is 0 Å². The Balaban J connectivity index is 2.24. The molecular weight excluding hydrogens is 194 g/mol. The molecule has 0 radical (unpaired) electrons. The van der Waals surface area contributed by atoms with Gasteiger partial charge in [0.15, 0.2) is 0 Å². The summed E-state index contributed by atoms with van der Waals surface area (Å²) in [6.45, 7) is 4.35. The lowest BCUT2D eigenvalue weighted by Gasteiger charge is -1.95. The van der Waals surface area contributed by atoms with Gasteiger partial charge in [0.25, 0.3) is 0 Å². The molecule has 0 aliphatic carbocycles. The predicted molar refractivity (Wildman–Crippen MR) is 61.4 cm³/mol. The van der Waals surface area contributed by atoms with Crippen LogP contribution in [0.15, 0.2) is 17.5 Å². The molecule has 3 heteroatoms. The number of aryl methyl sites for hydroxylation is 1. The lowest BCUT2D eigenvalue weighted by molar-refractivity contribution is -0.118. The third-order valence-corrected chi connectivity index (χ3v) is 2.63. The summed E-state index contributed by atoms with van der Waals surface area (Å²) < 4.78 is 0. The molecular formula is C11H15NOS. The van der Waals surface area contributed by atoms with Crippen LogP contribution in [0.5, 0.6) is 0 Å². The van der Waals surface area contributed by atoms with E-state index >= 15 is 0 Å². The predicted octanol–water partition coefficient (Wildman–Crippen LogP) is 2.60. The lowest BCUT2D eigenvalue weighted by Crippen LogP contribution is -2.20. The minimum absolute atomic E-state index is 0.0322. The van der Waals surface area contributed by atoms with Crippen molar-refractivity contribution in [1.29, 1.82) is 0 Å². The van der Waals surface area contributed by atoms with E-state index in [4.69, 9.17) is 0 Å². The summed E-state index contributed by atoms with van der Waals surface area (Å²) in [6.07, 6.45) is 5.05. The Labute approximate surface area is 88.6 Å². The quantitative estimate of drug-likeness (QED) is 0.759. The zero-order chi connectivity index (χ0) is 10.4. The van der Waals surface area contributed by atoms with Crippen molar-refractivity contribution in [2.45, 2.75) is 20.3 Å². The van der Waals surface area contributed by atoms with Crippen LogP contribution in [0.3, 0.4) is 0 Å². The molecule has 2 nitrogen and oxygen atoms in total. The number of nitrogens with one attached hydrogen (secondary N) is 1. The molecule has 76 valence electrons. The Hall–Kier alpha value is -1.09. The zero-order valence-electron chi connectivity index (χ0n) is 8.54. The summed E-state index contributed by atoms with van der Waals surface area (Å²) in [5, 5.41) is 4.88. The second-order valence-corrected chi connectivity index (χ2v) is 4.28. The lowest BCUT2D eigenvalue weighted by atomic mass is 10.2. The van der Waals surface area contributed by atoms with E-state index < -0.39 is 0 Å². The topological polar surface area (TPSA) is 29.1 Å². The van der Waals surface area contributed by atoms with Crippen molar-refractivity contribution in [3.63, 3.8) is 0 Å². The Morgan fingerprint density at radius 3 is 3.00 bits per heavy atom. The Morgan fingerprint density at radius 1 is 1.64 bits per heavy atom. The molecule has 1 aromatic rings. The molecule has 14 heavy (non-hydrogen) atoms. The average Bonchev–Trinajstić information content (AvgIpc) is 2.50. The molecule has 0 saturated heterocycles. The molecule has 0 aliphatic heterocycles. The van der Waals surface area contributed by atoms with E-state index in [1.165, 1.54) is 17.4 Å². The summed E-state index contributed by atoms with van der Waals surface area (Å²) in [5.41, 5.74) is 1.25. The molecule has 0 fully saturated rings. The van der Waals surface area contributed by atoms with Crippen LogP contribution < -0.4 is 5.32 Å². The Morgan fingerprint density at radius 2 is 2.43 bits per heavy atom. The highest BCUT2D eigenvalue weighted by Crippen LogP contribution is 2.14. The van der Waals surface area contributed by atoms with Crippen LogP contribution >= 0.6 is 11.3 Å². The molecule has 1 heterocycles. The first-order valence-corrected chi connectivity index (χ1v) is 5.52. The van der Waals surface area contributed by atoms with Crippen molar-refractivity contribution >= 4 is 23.3 Å². The molecule has 1 N–H and O–H groups in total. The second-order valence-electron chi connectivity index (χ2n) is 3.16. The van der Waals surface area contributed by atoms with Crippen molar-refractivity contribution in [2.24, 2.45) is 0 Å². The monoisotopic (exact) mass is 209 g/mol. The van der Waals surface area contributed by atoms with Gasteiger partial charge < -0.3 is 5.32 Å². The van der Waals surface area contributed by atoms with Crippen LogP contribution in [-0.4, -0.2) is 12.5 Å². The number of thiophene rings is 1. The smallest absolute Gasteiger partial charge is 0.216 e. The van der Waals surface area contributed by atoms with Gasteiger partial charge in [-0.05, 0) is 30.4 Å². The minimum atomic E-state index is 0.0322. The van der Waals surface area contributed by atoms with E-state index in [2.05, 4.69) is 35.8 Å². The maximum Gasteiger partial charge on any atom is 0.216 e. The SMILES string of the molecule is CC(=O)NCCC=Cc1csc(C)c1. The van der Waals surface area contributed by atoms with Gasteiger partial charge in [-0.15, -0.1) is 11.3 Å². The fraction of sp³-hybridized carbons (Fsp3) is 0.364. The van der Waals surface area contributed by atoms with Gasteiger partial charge in [-0.25, -0.2) is 0 Å². The molecule has 0 aromatic carbocycles. The van der Waals surface area contributed by atoms with Gasteiger partial charge in [0.05, 0.1) is 0 Å². The number of hydrogen-bond acceptors (Lipinski definition) is 2. The molecule has 0 spiro atoms. The van der Waals surface area contributed by atoms with Crippen LogP contribution in [0.4, 0.5) is 0 Å². The standard InChI is InChI=1S/C11H15NOS/c1-9-7-11(8-14-9)5-3-4-6-12-10(2)13/h3,5,7-8H,4,6H2,1-2H3,(H,12,13). The van der Waals surface area contributed by atoms with Gasteiger partial charge in [0.1, 0.15) is 0 Å². The van der Waals surface area contributed by atoms with Crippen LogP contribution in [-0.2, 0) is 4.79 Å². The van der Waals surface area contributed by atoms with Gasteiger partial charge in [-0.1, -0.05) is 12.2 Å². The van der Waals surface area contributed by atoms with Crippen molar-refractivity contribution in [3.05, 3.63) is 28.0 Å². The largest absolute Gasteiger partial charge is 0.356 e. The highest BCUT2D eigenvalue weighted by Gasteiger charge is 1.90. The summed E-state index contributed by atoms with van der Waals surface area (Å²) in [4.78, 5) is 11.9. The first-order chi connectivity index (χ1) is 6.68.